The molecule has 1 heterocycles. The van der Waals surface area contributed by atoms with Crippen molar-refractivity contribution >= 4 is 43.6 Å². The molecule has 17 heavy (non-hydrogen) atoms. The highest BCUT2D eigenvalue weighted by Gasteiger charge is 2.10. The summed E-state index contributed by atoms with van der Waals surface area (Å²) in [4.78, 5) is 0. The number of nitrogens with zero attached hydrogens (tertiary/aromatic N) is 3. The minimum absolute atomic E-state index is 0.822. The van der Waals surface area contributed by atoms with Gasteiger partial charge in [0.25, 0.3) is 0 Å². The van der Waals surface area contributed by atoms with Crippen LogP contribution in [-0.4, -0.2) is 18.1 Å². The molecule has 0 N–H and O–H groups in total. The third-order valence-electron chi connectivity index (χ3n) is 2.63. The lowest BCUT2D eigenvalue weighted by atomic mass is 10.2. The average Bonchev–Trinajstić information content (AvgIpc) is 2.80. The Morgan fingerprint density at radius 1 is 1.18 bits per heavy atom. The van der Waals surface area contributed by atoms with E-state index in [0.29, 0.717) is 0 Å². The Morgan fingerprint density at radius 3 is 2.29 bits per heavy atom. The van der Waals surface area contributed by atoms with Gasteiger partial charge in [-0.15, -0.1) is 5.11 Å². The van der Waals surface area contributed by atoms with Gasteiger partial charge in [-0.3, -0.25) is 5.01 Å². The SMILES string of the molecule is C=Cc1cc(Br)c(N=NN2CCCC2)c(Br)c1. The van der Waals surface area contributed by atoms with E-state index in [-0.39, 0.29) is 0 Å². The average molecular weight is 359 g/mol. The normalized spacial score (nSPS) is 15.8. The summed E-state index contributed by atoms with van der Waals surface area (Å²) in [5, 5.41) is 10.5. The first-order valence-electron chi connectivity index (χ1n) is 5.49. The lowest BCUT2D eigenvalue weighted by Gasteiger charge is -2.08. The highest BCUT2D eigenvalue weighted by molar-refractivity contribution is 9.11. The summed E-state index contributed by atoms with van der Waals surface area (Å²) in [6.45, 7) is 5.75. The molecule has 0 amide bonds. The molecule has 1 fully saturated rings. The molecule has 1 aromatic rings. The van der Waals surface area contributed by atoms with Gasteiger partial charge in [0, 0.05) is 22.0 Å². The van der Waals surface area contributed by atoms with Crippen molar-refractivity contribution in [3.63, 3.8) is 0 Å². The molecule has 0 atom stereocenters. The maximum absolute atomic E-state index is 4.29. The molecule has 3 nitrogen and oxygen atoms in total. The lowest BCUT2D eigenvalue weighted by Crippen LogP contribution is -2.09. The molecule has 0 spiro atoms. The van der Waals surface area contributed by atoms with Gasteiger partial charge in [-0.05, 0) is 62.4 Å². The number of hydrogen-bond donors (Lipinski definition) is 0. The van der Waals surface area contributed by atoms with Crippen LogP contribution in [0.5, 0.6) is 0 Å². The predicted molar refractivity (Wildman–Crippen MR) is 77.3 cm³/mol. The number of hydrogen-bond acceptors (Lipinski definition) is 2. The van der Waals surface area contributed by atoms with Gasteiger partial charge >= 0.3 is 0 Å². The van der Waals surface area contributed by atoms with Crippen molar-refractivity contribution in [1.29, 1.82) is 0 Å². The van der Waals surface area contributed by atoms with E-state index in [0.717, 1.165) is 33.3 Å². The zero-order valence-corrected chi connectivity index (χ0v) is 12.5. The quantitative estimate of drug-likeness (QED) is 0.702. The standard InChI is InChI=1S/C12H13Br2N3/c1-2-9-7-10(13)12(11(14)8-9)15-16-17-5-3-4-6-17/h2,7-8H,1,3-6H2. The summed E-state index contributed by atoms with van der Waals surface area (Å²) < 4.78 is 1.84. The number of benzene rings is 1. The largest absolute Gasteiger partial charge is 0.278 e. The molecule has 1 aliphatic rings. The smallest absolute Gasteiger partial charge is 0.116 e. The molecule has 0 aliphatic carbocycles. The molecule has 2 rings (SSSR count). The molecule has 5 heteroatoms. The summed E-state index contributed by atoms with van der Waals surface area (Å²) >= 11 is 7.00. The van der Waals surface area contributed by atoms with Crippen LogP contribution in [0.3, 0.4) is 0 Å². The summed E-state index contributed by atoms with van der Waals surface area (Å²) in [5.41, 5.74) is 1.87. The van der Waals surface area contributed by atoms with Crippen molar-refractivity contribution in [2.75, 3.05) is 13.1 Å². The van der Waals surface area contributed by atoms with E-state index < -0.39 is 0 Å². The molecule has 0 saturated carbocycles. The Labute approximate surface area is 118 Å². The molecule has 1 aromatic carbocycles. The van der Waals surface area contributed by atoms with Crippen molar-refractivity contribution in [2.45, 2.75) is 12.8 Å². The van der Waals surface area contributed by atoms with Crippen molar-refractivity contribution in [2.24, 2.45) is 10.3 Å². The van der Waals surface area contributed by atoms with Crippen LogP contribution >= 0.6 is 31.9 Å². The minimum Gasteiger partial charge on any atom is -0.278 e. The topological polar surface area (TPSA) is 28.0 Å². The molecule has 0 radical (unpaired) electrons. The summed E-state index contributed by atoms with van der Waals surface area (Å²) in [6.07, 6.45) is 4.21. The molecule has 0 unspecified atom stereocenters. The van der Waals surface area contributed by atoms with Crippen molar-refractivity contribution in [3.05, 3.63) is 33.2 Å². The number of rotatable bonds is 3. The van der Waals surface area contributed by atoms with Gasteiger partial charge in [-0.2, -0.15) is 0 Å². The van der Waals surface area contributed by atoms with E-state index in [1.165, 1.54) is 12.8 Å². The van der Waals surface area contributed by atoms with E-state index in [4.69, 9.17) is 0 Å². The number of halogens is 2. The van der Waals surface area contributed by atoms with Crippen LogP contribution in [0.4, 0.5) is 5.69 Å². The fourth-order valence-corrected chi connectivity index (χ4v) is 3.08. The third kappa shape index (κ3) is 3.16. The van der Waals surface area contributed by atoms with Crippen LogP contribution in [0.1, 0.15) is 18.4 Å². The van der Waals surface area contributed by atoms with Crippen LogP contribution in [0, 0.1) is 0 Å². The maximum atomic E-state index is 4.29. The zero-order valence-electron chi connectivity index (χ0n) is 9.37. The van der Waals surface area contributed by atoms with Gasteiger partial charge in [0.05, 0.1) is 0 Å². The van der Waals surface area contributed by atoms with Crippen molar-refractivity contribution in [1.82, 2.24) is 5.01 Å². The zero-order chi connectivity index (χ0) is 12.3. The monoisotopic (exact) mass is 357 g/mol. The van der Waals surface area contributed by atoms with Gasteiger partial charge < -0.3 is 0 Å². The first-order valence-corrected chi connectivity index (χ1v) is 7.07. The van der Waals surface area contributed by atoms with Crippen LogP contribution in [0.25, 0.3) is 6.08 Å². The third-order valence-corrected chi connectivity index (χ3v) is 3.84. The summed E-state index contributed by atoms with van der Waals surface area (Å²) in [5.74, 6) is 0. The fourth-order valence-electron chi connectivity index (χ4n) is 1.70. The van der Waals surface area contributed by atoms with Crippen LogP contribution in [-0.2, 0) is 0 Å². The van der Waals surface area contributed by atoms with Crippen LogP contribution < -0.4 is 0 Å². The minimum atomic E-state index is 0.822. The molecule has 1 aliphatic heterocycles. The van der Waals surface area contributed by atoms with Gasteiger partial charge in [0.2, 0.25) is 0 Å². The van der Waals surface area contributed by atoms with Crippen LogP contribution in [0.2, 0.25) is 0 Å². The Kier molecular flexibility index (Phi) is 4.34. The molecular formula is C12H13Br2N3. The van der Waals surface area contributed by atoms with Crippen molar-refractivity contribution in [3.8, 4) is 0 Å². The summed E-state index contributed by atoms with van der Waals surface area (Å²) in [7, 11) is 0. The second-order valence-corrected chi connectivity index (χ2v) is 5.60. The van der Waals surface area contributed by atoms with Crippen LogP contribution in [0.15, 0.2) is 38.0 Å². The Balaban J connectivity index is 2.22. The second-order valence-electron chi connectivity index (χ2n) is 3.89. The van der Waals surface area contributed by atoms with E-state index in [1.807, 2.05) is 17.1 Å². The highest BCUT2D eigenvalue weighted by Crippen LogP contribution is 2.35. The van der Waals surface area contributed by atoms with E-state index in [9.17, 15) is 0 Å². The van der Waals surface area contributed by atoms with Gasteiger partial charge in [-0.1, -0.05) is 17.9 Å². The Bertz CT molecular complexity index is 428. The maximum Gasteiger partial charge on any atom is 0.116 e. The molecule has 90 valence electrons. The first-order chi connectivity index (χ1) is 8.20. The molecule has 0 aromatic heterocycles. The highest BCUT2D eigenvalue weighted by atomic mass is 79.9. The van der Waals surface area contributed by atoms with Gasteiger partial charge in [0.15, 0.2) is 0 Å². The Morgan fingerprint density at radius 2 is 1.76 bits per heavy atom. The van der Waals surface area contributed by atoms with Gasteiger partial charge in [-0.25, -0.2) is 0 Å². The molecule has 1 saturated heterocycles. The summed E-state index contributed by atoms with van der Waals surface area (Å²) in [6, 6.07) is 3.96. The predicted octanol–water partition coefficient (Wildman–Crippen LogP) is 4.95. The fraction of sp³-hybridized carbons (Fsp3) is 0.333. The molecule has 0 bridgehead atoms. The molecular weight excluding hydrogens is 346 g/mol. The van der Waals surface area contributed by atoms with Crippen molar-refractivity contribution < 1.29 is 0 Å². The second kappa shape index (κ2) is 5.78. The van der Waals surface area contributed by atoms with E-state index in [1.54, 1.807) is 6.08 Å². The lowest BCUT2D eigenvalue weighted by molar-refractivity contribution is 0.336. The van der Waals surface area contributed by atoms with E-state index >= 15 is 0 Å². The van der Waals surface area contributed by atoms with Gasteiger partial charge in [0.1, 0.15) is 5.69 Å². The Hall–Kier alpha value is -0.680. The first kappa shape index (κ1) is 12.8. The van der Waals surface area contributed by atoms with E-state index in [2.05, 4.69) is 48.8 Å².